The third-order valence-electron chi connectivity index (χ3n) is 2.07. The molecule has 0 aliphatic carbocycles. The summed E-state index contributed by atoms with van der Waals surface area (Å²) in [5.74, 6) is 0.731. The molecule has 5 heteroatoms. The number of halogens is 2. The van der Waals surface area contributed by atoms with Crippen LogP contribution in [0.2, 0.25) is 5.02 Å². The Bertz CT molecular complexity index is 519. The number of hydrogen-bond acceptors (Lipinski definition) is 3. The first-order valence-electron chi connectivity index (χ1n) is 4.52. The Morgan fingerprint density at radius 1 is 1.25 bits per heavy atom. The van der Waals surface area contributed by atoms with Crippen LogP contribution in [0.1, 0.15) is 0 Å². The first-order valence-corrected chi connectivity index (χ1v) is 5.69. The van der Waals surface area contributed by atoms with Crippen molar-refractivity contribution in [1.82, 2.24) is 9.97 Å². The highest BCUT2D eigenvalue weighted by Crippen LogP contribution is 2.31. The van der Waals surface area contributed by atoms with Crippen molar-refractivity contribution in [2.45, 2.75) is 0 Å². The SMILES string of the molecule is COc1ccc(Cl)cc1-c1cc(Br)ncn1. The van der Waals surface area contributed by atoms with Gasteiger partial charge in [0.1, 0.15) is 16.7 Å². The van der Waals surface area contributed by atoms with Gasteiger partial charge in [0.15, 0.2) is 0 Å². The van der Waals surface area contributed by atoms with E-state index >= 15 is 0 Å². The van der Waals surface area contributed by atoms with E-state index in [0.717, 1.165) is 21.6 Å². The van der Waals surface area contributed by atoms with Crippen molar-refractivity contribution >= 4 is 27.5 Å². The number of nitrogens with zero attached hydrogens (tertiary/aromatic N) is 2. The fourth-order valence-electron chi connectivity index (χ4n) is 1.36. The molecule has 2 aromatic rings. The van der Waals surface area contributed by atoms with Crippen LogP contribution in [0.25, 0.3) is 11.3 Å². The van der Waals surface area contributed by atoms with Gasteiger partial charge < -0.3 is 4.74 Å². The lowest BCUT2D eigenvalue weighted by Gasteiger charge is -2.08. The lowest BCUT2D eigenvalue weighted by molar-refractivity contribution is 0.416. The van der Waals surface area contributed by atoms with E-state index in [4.69, 9.17) is 16.3 Å². The Labute approximate surface area is 107 Å². The quantitative estimate of drug-likeness (QED) is 0.795. The van der Waals surface area contributed by atoms with E-state index in [-0.39, 0.29) is 0 Å². The molecule has 1 aromatic heterocycles. The molecule has 16 heavy (non-hydrogen) atoms. The van der Waals surface area contributed by atoms with Crippen LogP contribution in [-0.2, 0) is 0 Å². The topological polar surface area (TPSA) is 35.0 Å². The average Bonchev–Trinajstić information content (AvgIpc) is 2.29. The summed E-state index contributed by atoms with van der Waals surface area (Å²) >= 11 is 9.25. The summed E-state index contributed by atoms with van der Waals surface area (Å²) in [5.41, 5.74) is 1.61. The third-order valence-corrected chi connectivity index (χ3v) is 2.74. The number of aromatic nitrogens is 2. The maximum absolute atomic E-state index is 5.95. The maximum atomic E-state index is 5.95. The van der Waals surface area contributed by atoms with Crippen LogP contribution in [0.4, 0.5) is 0 Å². The second kappa shape index (κ2) is 4.80. The van der Waals surface area contributed by atoms with E-state index < -0.39 is 0 Å². The maximum Gasteiger partial charge on any atom is 0.128 e. The second-order valence-electron chi connectivity index (χ2n) is 3.07. The minimum Gasteiger partial charge on any atom is -0.496 e. The summed E-state index contributed by atoms with van der Waals surface area (Å²) in [7, 11) is 1.61. The molecule has 0 saturated carbocycles. The number of rotatable bonds is 2. The van der Waals surface area contributed by atoms with Gasteiger partial charge in [-0.15, -0.1) is 0 Å². The summed E-state index contributed by atoms with van der Waals surface area (Å²) in [6.45, 7) is 0. The summed E-state index contributed by atoms with van der Waals surface area (Å²) in [6.07, 6.45) is 1.49. The Hall–Kier alpha value is -1.13. The Kier molecular flexibility index (Phi) is 3.41. The summed E-state index contributed by atoms with van der Waals surface area (Å²) in [4.78, 5) is 8.15. The van der Waals surface area contributed by atoms with Gasteiger partial charge in [-0.2, -0.15) is 0 Å². The first kappa shape index (κ1) is 11.4. The zero-order valence-electron chi connectivity index (χ0n) is 8.45. The molecule has 0 atom stereocenters. The van der Waals surface area contributed by atoms with Gasteiger partial charge >= 0.3 is 0 Å². The molecule has 82 valence electrons. The molecule has 0 saturated heterocycles. The number of methoxy groups -OCH3 is 1. The van der Waals surface area contributed by atoms with Gasteiger partial charge in [0.2, 0.25) is 0 Å². The minimum absolute atomic E-state index is 0.644. The Balaban J connectivity index is 2.58. The molecular formula is C11H8BrClN2O. The summed E-state index contributed by atoms with van der Waals surface area (Å²) in [5, 5.41) is 0.644. The van der Waals surface area contributed by atoms with Crippen molar-refractivity contribution in [2.75, 3.05) is 7.11 Å². The molecule has 1 aromatic carbocycles. The van der Waals surface area contributed by atoms with E-state index in [9.17, 15) is 0 Å². The van der Waals surface area contributed by atoms with Gasteiger partial charge in [-0.3, -0.25) is 0 Å². The fourth-order valence-corrected chi connectivity index (χ4v) is 1.84. The van der Waals surface area contributed by atoms with Crippen molar-refractivity contribution in [3.63, 3.8) is 0 Å². The van der Waals surface area contributed by atoms with E-state index in [2.05, 4.69) is 25.9 Å². The number of ether oxygens (including phenoxy) is 1. The minimum atomic E-state index is 0.644. The normalized spacial score (nSPS) is 10.2. The van der Waals surface area contributed by atoms with Gasteiger partial charge in [-0.05, 0) is 40.2 Å². The molecule has 2 rings (SSSR count). The second-order valence-corrected chi connectivity index (χ2v) is 4.32. The molecule has 0 aliphatic rings. The molecule has 0 fully saturated rings. The molecule has 0 amide bonds. The van der Waals surface area contributed by atoms with Crippen molar-refractivity contribution in [2.24, 2.45) is 0 Å². The van der Waals surface area contributed by atoms with E-state index in [1.807, 2.05) is 18.2 Å². The highest BCUT2D eigenvalue weighted by atomic mass is 79.9. The van der Waals surface area contributed by atoms with Crippen molar-refractivity contribution < 1.29 is 4.74 Å². The zero-order chi connectivity index (χ0) is 11.5. The Morgan fingerprint density at radius 3 is 2.75 bits per heavy atom. The molecule has 0 aliphatic heterocycles. The van der Waals surface area contributed by atoms with Gasteiger partial charge in [-0.1, -0.05) is 11.6 Å². The van der Waals surface area contributed by atoms with Crippen molar-refractivity contribution in [1.29, 1.82) is 0 Å². The monoisotopic (exact) mass is 298 g/mol. The molecule has 0 bridgehead atoms. The van der Waals surface area contributed by atoms with Gasteiger partial charge in [0.05, 0.1) is 12.8 Å². The standard InChI is InChI=1S/C11H8BrClN2O/c1-16-10-3-2-7(13)4-8(10)9-5-11(12)15-6-14-9/h2-6H,1H3. The molecule has 1 heterocycles. The number of hydrogen-bond donors (Lipinski definition) is 0. The molecule has 0 N–H and O–H groups in total. The van der Waals surface area contributed by atoms with Crippen LogP contribution in [0.15, 0.2) is 35.2 Å². The van der Waals surface area contributed by atoms with Gasteiger partial charge in [0, 0.05) is 10.6 Å². The first-order chi connectivity index (χ1) is 7.70. The average molecular weight is 300 g/mol. The largest absolute Gasteiger partial charge is 0.496 e. The summed E-state index contributed by atoms with van der Waals surface area (Å²) < 4.78 is 5.98. The van der Waals surface area contributed by atoms with Gasteiger partial charge in [-0.25, -0.2) is 9.97 Å². The van der Waals surface area contributed by atoms with Crippen molar-refractivity contribution in [3.05, 3.63) is 40.2 Å². The van der Waals surface area contributed by atoms with Crippen molar-refractivity contribution in [3.8, 4) is 17.0 Å². The smallest absolute Gasteiger partial charge is 0.128 e. The highest BCUT2D eigenvalue weighted by Gasteiger charge is 2.08. The van der Waals surface area contributed by atoms with Crippen LogP contribution in [0.5, 0.6) is 5.75 Å². The zero-order valence-corrected chi connectivity index (χ0v) is 10.8. The third kappa shape index (κ3) is 2.33. The summed E-state index contributed by atoms with van der Waals surface area (Å²) in [6, 6.07) is 7.22. The fraction of sp³-hybridized carbons (Fsp3) is 0.0909. The molecular weight excluding hydrogens is 291 g/mol. The van der Waals surface area contributed by atoms with Gasteiger partial charge in [0.25, 0.3) is 0 Å². The Morgan fingerprint density at radius 2 is 2.06 bits per heavy atom. The van der Waals surface area contributed by atoms with Crippen LogP contribution in [0, 0.1) is 0 Å². The lowest BCUT2D eigenvalue weighted by Crippen LogP contribution is -1.91. The van der Waals surface area contributed by atoms with Crippen LogP contribution in [0.3, 0.4) is 0 Å². The molecule has 0 unspecified atom stereocenters. The predicted octanol–water partition coefficient (Wildman–Crippen LogP) is 3.57. The highest BCUT2D eigenvalue weighted by molar-refractivity contribution is 9.10. The predicted molar refractivity (Wildman–Crippen MR) is 66.7 cm³/mol. The molecule has 3 nitrogen and oxygen atoms in total. The van der Waals surface area contributed by atoms with Crippen LogP contribution < -0.4 is 4.74 Å². The molecule has 0 radical (unpaired) electrons. The van der Waals surface area contributed by atoms with E-state index in [1.165, 1.54) is 6.33 Å². The van der Waals surface area contributed by atoms with Crippen LogP contribution in [-0.4, -0.2) is 17.1 Å². The van der Waals surface area contributed by atoms with Crippen LogP contribution >= 0.6 is 27.5 Å². The van der Waals surface area contributed by atoms with E-state index in [0.29, 0.717) is 5.02 Å². The number of benzene rings is 1. The lowest BCUT2D eigenvalue weighted by atomic mass is 10.1. The van der Waals surface area contributed by atoms with E-state index in [1.54, 1.807) is 13.2 Å². The molecule has 0 spiro atoms.